The van der Waals surface area contributed by atoms with E-state index in [0.717, 1.165) is 11.2 Å². The fourth-order valence-corrected chi connectivity index (χ4v) is 1.87. The summed E-state index contributed by atoms with van der Waals surface area (Å²) < 4.78 is 1.94. The lowest BCUT2D eigenvalue weighted by molar-refractivity contribution is 0.0696. The van der Waals surface area contributed by atoms with Gasteiger partial charge in [0.05, 0.1) is 17.5 Å². The van der Waals surface area contributed by atoms with Crippen molar-refractivity contribution in [2.45, 2.75) is 0 Å². The fourth-order valence-electron chi connectivity index (χ4n) is 1.87. The van der Waals surface area contributed by atoms with Gasteiger partial charge in [-0.25, -0.2) is 4.79 Å². The Kier molecular flexibility index (Phi) is 2.30. The molecule has 0 unspecified atom stereocenters. The minimum Gasteiger partial charge on any atom is -0.478 e. The number of nitrogens with zero attached hydrogens (tertiary/aromatic N) is 3. The van der Waals surface area contributed by atoms with Crippen LogP contribution in [0.1, 0.15) is 10.4 Å². The Morgan fingerprint density at radius 2 is 2.11 bits per heavy atom. The first-order valence-corrected chi connectivity index (χ1v) is 5.38. The van der Waals surface area contributed by atoms with Crippen molar-refractivity contribution in [1.82, 2.24) is 14.6 Å². The molecule has 0 aliphatic carbocycles. The highest BCUT2D eigenvalue weighted by molar-refractivity contribution is 5.88. The minimum atomic E-state index is -1.01. The SMILES string of the molecule is O=C(O)c1cnnc(-c2ccc3ccccn23)c1. The lowest BCUT2D eigenvalue weighted by Gasteiger charge is -2.02. The summed E-state index contributed by atoms with van der Waals surface area (Å²) in [7, 11) is 0. The average molecular weight is 239 g/mol. The predicted octanol–water partition coefficient (Wildman–Crippen LogP) is 2.09. The molecule has 0 fully saturated rings. The van der Waals surface area contributed by atoms with E-state index in [0.29, 0.717) is 5.69 Å². The van der Waals surface area contributed by atoms with Gasteiger partial charge < -0.3 is 9.51 Å². The second-order valence-electron chi connectivity index (χ2n) is 3.85. The molecule has 3 aromatic heterocycles. The summed E-state index contributed by atoms with van der Waals surface area (Å²) in [6.07, 6.45) is 3.14. The number of carbonyl (C=O) groups is 1. The first kappa shape index (κ1) is 10.5. The highest BCUT2D eigenvalue weighted by Gasteiger charge is 2.09. The van der Waals surface area contributed by atoms with E-state index in [2.05, 4.69) is 10.2 Å². The number of carboxylic acids is 1. The van der Waals surface area contributed by atoms with Crippen LogP contribution in [0.2, 0.25) is 0 Å². The van der Waals surface area contributed by atoms with E-state index in [-0.39, 0.29) is 5.56 Å². The van der Waals surface area contributed by atoms with Gasteiger partial charge in [0.1, 0.15) is 5.69 Å². The summed E-state index contributed by atoms with van der Waals surface area (Å²) in [6.45, 7) is 0. The van der Waals surface area contributed by atoms with Crippen molar-refractivity contribution in [3.05, 3.63) is 54.4 Å². The molecular weight excluding hydrogens is 230 g/mol. The van der Waals surface area contributed by atoms with E-state index in [1.165, 1.54) is 12.3 Å². The van der Waals surface area contributed by atoms with Crippen LogP contribution in [0.25, 0.3) is 16.9 Å². The summed E-state index contributed by atoms with van der Waals surface area (Å²) in [5.41, 5.74) is 2.52. The van der Waals surface area contributed by atoms with Crippen LogP contribution in [0.3, 0.4) is 0 Å². The van der Waals surface area contributed by atoms with Crippen LogP contribution in [-0.2, 0) is 0 Å². The van der Waals surface area contributed by atoms with Gasteiger partial charge in [-0.2, -0.15) is 5.10 Å². The molecule has 0 aliphatic heterocycles. The third-order valence-corrected chi connectivity index (χ3v) is 2.73. The molecule has 88 valence electrons. The van der Waals surface area contributed by atoms with Gasteiger partial charge in [-0.05, 0) is 30.3 Å². The monoisotopic (exact) mass is 239 g/mol. The third-order valence-electron chi connectivity index (χ3n) is 2.73. The maximum atomic E-state index is 10.9. The molecule has 3 aromatic rings. The van der Waals surface area contributed by atoms with Gasteiger partial charge in [-0.15, -0.1) is 5.10 Å². The van der Waals surface area contributed by atoms with Crippen LogP contribution in [0.5, 0.6) is 0 Å². The average Bonchev–Trinajstić information content (AvgIpc) is 2.82. The molecule has 5 heteroatoms. The summed E-state index contributed by atoms with van der Waals surface area (Å²) in [4.78, 5) is 10.9. The topological polar surface area (TPSA) is 67.5 Å². The summed E-state index contributed by atoms with van der Waals surface area (Å²) >= 11 is 0. The Morgan fingerprint density at radius 3 is 2.94 bits per heavy atom. The zero-order valence-corrected chi connectivity index (χ0v) is 9.32. The fraction of sp³-hybridized carbons (Fsp3) is 0. The van der Waals surface area contributed by atoms with E-state index in [9.17, 15) is 4.79 Å². The van der Waals surface area contributed by atoms with E-state index >= 15 is 0 Å². The van der Waals surface area contributed by atoms with Crippen molar-refractivity contribution in [2.24, 2.45) is 0 Å². The van der Waals surface area contributed by atoms with Crippen molar-refractivity contribution >= 4 is 11.5 Å². The van der Waals surface area contributed by atoms with Crippen molar-refractivity contribution < 1.29 is 9.90 Å². The largest absolute Gasteiger partial charge is 0.478 e. The van der Waals surface area contributed by atoms with Gasteiger partial charge in [0, 0.05) is 11.7 Å². The summed E-state index contributed by atoms with van der Waals surface area (Å²) in [5.74, 6) is -1.01. The van der Waals surface area contributed by atoms with Crippen LogP contribution in [0.4, 0.5) is 0 Å². The first-order valence-electron chi connectivity index (χ1n) is 5.38. The van der Waals surface area contributed by atoms with Gasteiger partial charge >= 0.3 is 5.97 Å². The molecule has 1 N–H and O–H groups in total. The van der Waals surface area contributed by atoms with E-state index in [1.807, 2.05) is 40.9 Å². The second-order valence-corrected chi connectivity index (χ2v) is 3.85. The van der Waals surface area contributed by atoms with E-state index in [1.54, 1.807) is 0 Å². The van der Waals surface area contributed by atoms with Gasteiger partial charge in [0.25, 0.3) is 0 Å². The zero-order valence-electron chi connectivity index (χ0n) is 9.32. The Morgan fingerprint density at radius 1 is 1.22 bits per heavy atom. The van der Waals surface area contributed by atoms with Gasteiger partial charge in [0.2, 0.25) is 0 Å². The molecule has 0 bridgehead atoms. The minimum absolute atomic E-state index is 0.130. The van der Waals surface area contributed by atoms with Crippen LogP contribution >= 0.6 is 0 Å². The smallest absolute Gasteiger partial charge is 0.337 e. The summed E-state index contributed by atoms with van der Waals surface area (Å²) in [6, 6.07) is 11.2. The summed E-state index contributed by atoms with van der Waals surface area (Å²) in [5, 5.41) is 16.7. The predicted molar refractivity (Wildman–Crippen MR) is 65.4 cm³/mol. The van der Waals surface area contributed by atoms with Crippen molar-refractivity contribution in [2.75, 3.05) is 0 Å². The lowest BCUT2D eigenvalue weighted by atomic mass is 10.2. The maximum Gasteiger partial charge on any atom is 0.337 e. The molecule has 0 saturated heterocycles. The van der Waals surface area contributed by atoms with Crippen LogP contribution in [0, 0.1) is 0 Å². The molecule has 0 atom stereocenters. The Balaban J connectivity index is 2.20. The Hall–Kier alpha value is -2.69. The molecule has 3 rings (SSSR count). The van der Waals surface area contributed by atoms with Crippen molar-refractivity contribution in [3.63, 3.8) is 0 Å². The third kappa shape index (κ3) is 1.62. The highest BCUT2D eigenvalue weighted by atomic mass is 16.4. The Bertz CT molecular complexity index is 734. The molecule has 0 radical (unpaired) electrons. The first-order chi connectivity index (χ1) is 8.75. The maximum absolute atomic E-state index is 10.9. The highest BCUT2D eigenvalue weighted by Crippen LogP contribution is 2.20. The second kappa shape index (κ2) is 3.96. The number of aromatic carboxylic acids is 1. The number of pyridine rings is 1. The number of aromatic nitrogens is 3. The molecule has 0 amide bonds. The van der Waals surface area contributed by atoms with E-state index in [4.69, 9.17) is 5.11 Å². The van der Waals surface area contributed by atoms with Crippen LogP contribution in [-0.4, -0.2) is 25.7 Å². The number of hydrogen-bond acceptors (Lipinski definition) is 3. The lowest BCUT2D eigenvalue weighted by Crippen LogP contribution is -2.00. The number of fused-ring (bicyclic) bond motifs is 1. The number of carboxylic acid groups (broad SMARTS) is 1. The quantitative estimate of drug-likeness (QED) is 0.743. The normalized spacial score (nSPS) is 10.7. The molecule has 0 saturated carbocycles. The van der Waals surface area contributed by atoms with Crippen molar-refractivity contribution in [3.8, 4) is 11.4 Å². The standard InChI is InChI=1S/C13H9N3O2/c17-13(18)9-7-11(15-14-8-9)12-5-4-10-3-1-2-6-16(10)12/h1-8H,(H,17,18). The van der Waals surface area contributed by atoms with Gasteiger partial charge in [-0.1, -0.05) is 6.07 Å². The number of hydrogen-bond donors (Lipinski definition) is 1. The molecule has 5 nitrogen and oxygen atoms in total. The zero-order chi connectivity index (χ0) is 12.5. The van der Waals surface area contributed by atoms with E-state index < -0.39 is 5.97 Å². The molecule has 0 aromatic carbocycles. The van der Waals surface area contributed by atoms with Gasteiger partial charge in [0.15, 0.2) is 0 Å². The molecular formula is C13H9N3O2. The van der Waals surface area contributed by atoms with Crippen LogP contribution < -0.4 is 0 Å². The Labute approximate surface area is 102 Å². The van der Waals surface area contributed by atoms with Gasteiger partial charge in [-0.3, -0.25) is 0 Å². The number of rotatable bonds is 2. The molecule has 0 aliphatic rings. The van der Waals surface area contributed by atoms with Crippen molar-refractivity contribution in [1.29, 1.82) is 0 Å². The molecule has 18 heavy (non-hydrogen) atoms. The molecule has 0 spiro atoms. The molecule has 3 heterocycles. The van der Waals surface area contributed by atoms with Crippen LogP contribution in [0.15, 0.2) is 48.8 Å².